The number of rotatable bonds is 6. The number of aromatic nitrogens is 2. The quantitative estimate of drug-likeness (QED) is 0.777. The Balaban J connectivity index is 1.77. The number of carbonyl (C=O) groups is 1. The van der Waals surface area contributed by atoms with E-state index in [-0.39, 0.29) is 6.09 Å². The topological polar surface area (TPSA) is 70.6 Å². The number of aryl methyl sites for hydroxylation is 1. The fraction of sp³-hybridized carbons (Fsp3) is 0.611. The Bertz CT molecular complexity index is 755. The number of nitrogens with zero attached hydrogens (tertiary/aromatic N) is 4. The van der Waals surface area contributed by atoms with Gasteiger partial charge in [-0.15, -0.1) is 11.3 Å². The molecule has 1 amide bonds. The SMILES string of the molecule is CCCCNc1nc(N2CCN(C(=O)OCC)CC2)nc2scc(C)c12. The second kappa shape index (κ2) is 8.53. The summed E-state index contributed by atoms with van der Waals surface area (Å²) in [5.74, 6) is 1.66. The summed E-state index contributed by atoms with van der Waals surface area (Å²) in [6.07, 6.45) is 2.02. The number of ether oxygens (including phenoxy) is 1. The van der Waals surface area contributed by atoms with Crippen LogP contribution < -0.4 is 10.2 Å². The molecule has 142 valence electrons. The molecule has 0 bridgehead atoms. The molecule has 0 spiro atoms. The van der Waals surface area contributed by atoms with Crippen molar-refractivity contribution >= 4 is 39.4 Å². The van der Waals surface area contributed by atoms with Gasteiger partial charge in [0.1, 0.15) is 10.6 Å². The van der Waals surface area contributed by atoms with Gasteiger partial charge in [0.15, 0.2) is 0 Å². The molecular weight excluding hydrogens is 350 g/mol. The molecule has 0 unspecified atom stereocenters. The Hall–Kier alpha value is -2.09. The van der Waals surface area contributed by atoms with Crippen LogP contribution in [-0.2, 0) is 4.74 Å². The number of hydrogen-bond acceptors (Lipinski definition) is 7. The van der Waals surface area contributed by atoms with E-state index in [1.165, 1.54) is 5.56 Å². The lowest BCUT2D eigenvalue weighted by atomic mass is 10.2. The molecule has 1 aliphatic heterocycles. The van der Waals surface area contributed by atoms with Crippen molar-refractivity contribution in [3.05, 3.63) is 10.9 Å². The van der Waals surface area contributed by atoms with Crippen LogP contribution in [0.1, 0.15) is 32.3 Å². The summed E-state index contributed by atoms with van der Waals surface area (Å²) in [5, 5.41) is 6.74. The Morgan fingerprint density at radius 2 is 2.04 bits per heavy atom. The molecule has 0 saturated carbocycles. The van der Waals surface area contributed by atoms with Crippen molar-refractivity contribution in [2.24, 2.45) is 0 Å². The molecule has 3 heterocycles. The molecule has 1 aliphatic rings. The third-order valence-corrected chi connectivity index (χ3v) is 5.51. The molecule has 1 saturated heterocycles. The van der Waals surface area contributed by atoms with Gasteiger partial charge < -0.3 is 19.9 Å². The largest absolute Gasteiger partial charge is 0.450 e. The van der Waals surface area contributed by atoms with Crippen LogP contribution in [0.25, 0.3) is 10.2 Å². The van der Waals surface area contributed by atoms with Crippen molar-refractivity contribution in [1.82, 2.24) is 14.9 Å². The number of amides is 1. The summed E-state index contributed by atoms with van der Waals surface area (Å²) in [5.41, 5.74) is 1.21. The molecule has 3 rings (SSSR count). The van der Waals surface area contributed by atoms with Crippen molar-refractivity contribution in [3.63, 3.8) is 0 Å². The number of carbonyl (C=O) groups excluding carboxylic acids is 1. The second-order valence-electron chi connectivity index (χ2n) is 6.42. The Labute approximate surface area is 158 Å². The van der Waals surface area contributed by atoms with Crippen molar-refractivity contribution in [3.8, 4) is 0 Å². The minimum absolute atomic E-state index is 0.237. The summed E-state index contributed by atoms with van der Waals surface area (Å²) in [7, 11) is 0. The number of nitrogens with one attached hydrogen (secondary N) is 1. The van der Waals surface area contributed by atoms with Gasteiger partial charge in [0, 0.05) is 32.7 Å². The molecule has 2 aromatic rings. The molecular formula is C18H27N5O2S. The van der Waals surface area contributed by atoms with Crippen LogP contribution in [0.15, 0.2) is 5.38 Å². The van der Waals surface area contributed by atoms with Crippen molar-refractivity contribution in [1.29, 1.82) is 0 Å². The van der Waals surface area contributed by atoms with Crippen molar-refractivity contribution in [2.75, 3.05) is 49.5 Å². The smallest absolute Gasteiger partial charge is 0.409 e. The number of anilines is 2. The monoisotopic (exact) mass is 377 g/mol. The van der Waals surface area contributed by atoms with Gasteiger partial charge in [0.2, 0.25) is 5.95 Å². The number of thiophene rings is 1. The van der Waals surface area contributed by atoms with E-state index in [4.69, 9.17) is 14.7 Å². The molecule has 26 heavy (non-hydrogen) atoms. The summed E-state index contributed by atoms with van der Waals surface area (Å²) in [6.45, 7) is 10.1. The maximum absolute atomic E-state index is 11.9. The molecule has 8 heteroatoms. The summed E-state index contributed by atoms with van der Waals surface area (Å²) in [6, 6.07) is 0. The molecule has 1 fully saturated rings. The first-order valence-corrected chi connectivity index (χ1v) is 10.2. The third-order valence-electron chi connectivity index (χ3n) is 4.52. The highest BCUT2D eigenvalue weighted by atomic mass is 32.1. The van der Waals surface area contributed by atoms with Gasteiger partial charge in [-0.3, -0.25) is 0 Å². The molecule has 0 radical (unpaired) electrons. The molecule has 0 atom stereocenters. The number of hydrogen-bond donors (Lipinski definition) is 1. The van der Waals surface area contributed by atoms with Crippen LogP contribution in [0.2, 0.25) is 0 Å². The minimum atomic E-state index is -0.237. The predicted molar refractivity (Wildman–Crippen MR) is 106 cm³/mol. The number of piperazine rings is 1. The summed E-state index contributed by atoms with van der Waals surface area (Å²) in [4.78, 5) is 26.4. The van der Waals surface area contributed by atoms with Gasteiger partial charge in [-0.2, -0.15) is 4.98 Å². The van der Waals surface area contributed by atoms with Gasteiger partial charge in [0.25, 0.3) is 0 Å². The maximum atomic E-state index is 11.9. The van der Waals surface area contributed by atoms with Crippen LogP contribution in [0, 0.1) is 6.92 Å². The van der Waals surface area contributed by atoms with Gasteiger partial charge in [0.05, 0.1) is 12.0 Å². The van der Waals surface area contributed by atoms with E-state index in [9.17, 15) is 4.79 Å². The van der Waals surface area contributed by atoms with Gasteiger partial charge in [-0.25, -0.2) is 9.78 Å². The highest BCUT2D eigenvalue weighted by Crippen LogP contribution is 2.31. The number of fused-ring (bicyclic) bond motifs is 1. The average Bonchev–Trinajstić information content (AvgIpc) is 3.03. The molecule has 0 aromatic carbocycles. The first-order valence-electron chi connectivity index (χ1n) is 9.30. The Kier molecular flexibility index (Phi) is 6.13. The van der Waals surface area contributed by atoms with E-state index in [2.05, 4.69) is 29.4 Å². The fourth-order valence-corrected chi connectivity index (χ4v) is 3.95. The normalized spacial score (nSPS) is 14.7. The van der Waals surface area contributed by atoms with E-state index < -0.39 is 0 Å². The van der Waals surface area contributed by atoms with E-state index in [0.29, 0.717) is 32.8 Å². The number of unbranched alkanes of at least 4 members (excludes halogenated alkanes) is 1. The fourth-order valence-electron chi connectivity index (χ4n) is 3.03. The second-order valence-corrected chi connectivity index (χ2v) is 7.28. The first-order chi connectivity index (χ1) is 12.6. The molecule has 1 N–H and O–H groups in total. The third kappa shape index (κ3) is 4.00. The molecule has 7 nitrogen and oxygen atoms in total. The summed E-state index contributed by atoms with van der Waals surface area (Å²) < 4.78 is 5.09. The summed E-state index contributed by atoms with van der Waals surface area (Å²) >= 11 is 1.66. The van der Waals surface area contributed by atoms with E-state index in [0.717, 1.165) is 41.4 Å². The van der Waals surface area contributed by atoms with Crippen LogP contribution in [0.3, 0.4) is 0 Å². The van der Waals surface area contributed by atoms with Crippen LogP contribution in [0.4, 0.5) is 16.6 Å². The zero-order valence-electron chi connectivity index (χ0n) is 15.7. The predicted octanol–water partition coefficient (Wildman–Crippen LogP) is 3.49. The highest BCUT2D eigenvalue weighted by Gasteiger charge is 2.24. The zero-order chi connectivity index (χ0) is 18.5. The van der Waals surface area contributed by atoms with E-state index in [1.54, 1.807) is 16.2 Å². The zero-order valence-corrected chi connectivity index (χ0v) is 16.6. The molecule has 0 aliphatic carbocycles. The lowest BCUT2D eigenvalue weighted by Crippen LogP contribution is -2.49. The van der Waals surface area contributed by atoms with Crippen LogP contribution in [0.5, 0.6) is 0 Å². The van der Waals surface area contributed by atoms with Crippen LogP contribution >= 0.6 is 11.3 Å². The standard InChI is InChI=1S/C18H27N5O2S/c1-4-6-7-19-15-14-13(3)12-26-16(14)21-17(20-15)22-8-10-23(11-9-22)18(24)25-5-2/h12H,4-11H2,1-3H3,(H,19,20,21). The van der Waals surface area contributed by atoms with Gasteiger partial charge >= 0.3 is 6.09 Å². The van der Waals surface area contributed by atoms with Gasteiger partial charge in [-0.1, -0.05) is 13.3 Å². The van der Waals surface area contributed by atoms with E-state index >= 15 is 0 Å². The maximum Gasteiger partial charge on any atom is 0.409 e. The first kappa shape index (κ1) is 18.7. The van der Waals surface area contributed by atoms with Crippen molar-refractivity contribution < 1.29 is 9.53 Å². The minimum Gasteiger partial charge on any atom is -0.450 e. The lowest BCUT2D eigenvalue weighted by Gasteiger charge is -2.34. The average molecular weight is 378 g/mol. The van der Waals surface area contributed by atoms with Crippen molar-refractivity contribution in [2.45, 2.75) is 33.6 Å². The van der Waals surface area contributed by atoms with Crippen LogP contribution in [-0.4, -0.2) is 60.3 Å². The Morgan fingerprint density at radius 3 is 2.73 bits per heavy atom. The van der Waals surface area contributed by atoms with Gasteiger partial charge in [-0.05, 0) is 31.2 Å². The molecule has 2 aromatic heterocycles. The lowest BCUT2D eigenvalue weighted by molar-refractivity contribution is 0.105. The Morgan fingerprint density at radius 1 is 1.27 bits per heavy atom. The highest BCUT2D eigenvalue weighted by molar-refractivity contribution is 7.17. The van der Waals surface area contributed by atoms with E-state index in [1.807, 2.05) is 6.92 Å².